The molecule has 1 aliphatic rings. The molecule has 1 amide bonds. The van der Waals surface area contributed by atoms with Crippen LogP contribution in [-0.2, 0) is 34.3 Å². The van der Waals surface area contributed by atoms with Gasteiger partial charge in [0.1, 0.15) is 11.5 Å². The van der Waals surface area contributed by atoms with Crippen LogP contribution in [0.25, 0.3) is 0 Å². The van der Waals surface area contributed by atoms with E-state index in [1.54, 1.807) is 31.2 Å². The molecule has 0 spiro atoms. The van der Waals surface area contributed by atoms with Gasteiger partial charge in [0.25, 0.3) is 10.2 Å². The fourth-order valence-electron chi connectivity index (χ4n) is 3.75. The highest BCUT2D eigenvalue weighted by Gasteiger charge is 2.34. The zero-order chi connectivity index (χ0) is 24.9. The maximum absolute atomic E-state index is 13.2. The Morgan fingerprint density at radius 1 is 1.09 bits per heavy atom. The van der Waals surface area contributed by atoms with E-state index in [2.05, 4.69) is 15.0 Å². The molecule has 2 heterocycles. The van der Waals surface area contributed by atoms with Crippen LogP contribution in [0.4, 0.5) is 19.0 Å². The van der Waals surface area contributed by atoms with Gasteiger partial charge in [-0.05, 0) is 43.4 Å². The van der Waals surface area contributed by atoms with Gasteiger partial charge in [-0.15, -0.1) is 0 Å². The smallest absolute Gasteiger partial charge is 0.356 e. The summed E-state index contributed by atoms with van der Waals surface area (Å²) in [5.41, 5.74) is 0.958. The summed E-state index contributed by atoms with van der Waals surface area (Å²) in [4.78, 5) is 18.5. The molecule has 0 saturated carbocycles. The fraction of sp³-hybridized carbons (Fsp3) is 0.455. The molecule has 12 heteroatoms. The van der Waals surface area contributed by atoms with Crippen LogP contribution in [0, 0.1) is 0 Å². The normalized spacial score (nSPS) is 15.7. The van der Waals surface area contributed by atoms with Crippen LogP contribution in [0.15, 0.2) is 36.4 Å². The standard InChI is InChI=1S/C22H28F3N5O3S/c1-15(17-7-5-16(6-8-17)13-28-34(26,32)33)21(31)27-14-18-9-10-19(22(23,24)25)29-20(18)30-11-3-2-4-12-30/h5-10,15,28H,2-4,11-14H2,1H3,(H,27,31)(H2,26,32,33)/t15-/m1/s1. The zero-order valence-electron chi connectivity index (χ0n) is 18.7. The molecule has 0 unspecified atom stereocenters. The quantitative estimate of drug-likeness (QED) is 0.516. The minimum absolute atomic E-state index is 0.0277. The van der Waals surface area contributed by atoms with Crippen LogP contribution in [-0.4, -0.2) is 32.4 Å². The van der Waals surface area contributed by atoms with Crippen molar-refractivity contribution in [2.75, 3.05) is 18.0 Å². The summed E-state index contributed by atoms with van der Waals surface area (Å²) in [5.74, 6) is -0.560. The van der Waals surface area contributed by atoms with E-state index in [-0.39, 0.29) is 24.8 Å². The number of anilines is 1. The molecule has 1 atom stereocenters. The highest BCUT2D eigenvalue weighted by atomic mass is 32.2. The predicted molar refractivity (Wildman–Crippen MR) is 122 cm³/mol. The van der Waals surface area contributed by atoms with Gasteiger partial charge in [0.05, 0.1) is 5.92 Å². The summed E-state index contributed by atoms with van der Waals surface area (Å²) in [5, 5.41) is 7.71. The molecule has 1 aliphatic heterocycles. The van der Waals surface area contributed by atoms with Crippen molar-refractivity contribution < 1.29 is 26.4 Å². The lowest BCUT2D eigenvalue weighted by molar-refractivity contribution is -0.141. The van der Waals surface area contributed by atoms with E-state index in [0.29, 0.717) is 29.8 Å². The highest BCUT2D eigenvalue weighted by Crippen LogP contribution is 2.31. The Labute approximate surface area is 196 Å². The lowest BCUT2D eigenvalue weighted by Gasteiger charge is -2.30. The van der Waals surface area contributed by atoms with E-state index in [1.807, 2.05) is 4.90 Å². The second-order valence-corrected chi connectivity index (χ2v) is 9.65. The van der Waals surface area contributed by atoms with E-state index in [0.717, 1.165) is 25.3 Å². The third-order valence-corrected chi connectivity index (χ3v) is 6.25. The van der Waals surface area contributed by atoms with Crippen LogP contribution >= 0.6 is 0 Å². The van der Waals surface area contributed by atoms with Crippen molar-refractivity contribution in [3.63, 3.8) is 0 Å². The van der Waals surface area contributed by atoms with Crippen LogP contribution in [0.5, 0.6) is 0 Å². The number of carbonyl (C=O) groups is 1. The van der Waals surface area contributed by atoms with Gasteiger partial charge in [-0.1, -0.05) is 30.3 Å². The molecule has 1 aromatic carbocycles. The summed E-state index contributed by atoms with van der Waals surface area (Å²) in [6, 6.07) is 9.11. The molecule has 1 saturated heterocycles. The summed E-state index contributed by atoms with van der Waals surface area (Å²) < 4.78 is 63.8. The summed E-state index contributed by atoms with van der Waals surface area (Å²) in [6.45, 7) is 3.04. The molecule has 0 bridgehead atoms. The Balaban J connectivity index is 1.68. The van der Waals surface area contributed by atoms with Crippen molar-refractivity contribution in [1.29, 1.82) is 0 Å². The van der Waals surface area contributed by atoms with Gasteiger partial charge in [0.2, 0.25) is 5.91 Å². The van der Waals surface area contributed by atoms with E-state index >= 15 is 0 Å². The Morgan fingerprint density at radius 2 is 1.74 bits per heavy atom. The maximum Gasteiger partial charge on any atom is 0.433 e. The van der Waals surface area contributed by atoms with E-state index in [9.17, 15) is 26.4 Å². The Kier molecular flexibility index (Phi) is 8.16. The second kappa shape index (κ2) is 10.7. The maximum atomic E-state index is 13.2. The molecule has 3 rings (SSSR count). The number of rotatable bonds is 8. The monoisotopic (exact) mass is 499 g/mol. The summed E-state index contributed by atoms with van der Waals surface area (Å²) in [7, 11) is -3.80. The van der Waals surface area contributed by atoms with Gasteiger partial charge in [-0.2, -0.15) is 26.3 Å². The average molecular weight is 500 g/mol. The number of halogens is 3. The van der Waals surface area contributed by atoms with E-state index in [1.165, 1.54) is 6.07 Å². The van der Waals surface area contributed by atoms with Gasteiger partial charge in [0.15, 0.2) is 0 Å². The van der Waals surface area contributed by atoms with Crippen molar-refractivity contribution in [2.24, 2.45) is 5.14 Å². The van der Waals surface area contributed by atoms with Crippen LogP contribution < -0.4 is 20.1 Å². The number of nitrogens with two attached hydrogens (primary N) is 1. The lowest BCUT2D eigenvalue weighted by Crippen LogP contribution is -2.33. The van der Waals surface area contributed by atoms with Gasteiger partial charge >= 0.3 is 6.18 Å². The molecule has 0 aliphatic carbocycles. The molecule has 1 aromatic heterocycles. The van der Waals surface area contributed by atoms with Gasteiger partial charge in [0, 0.05) is 31.7 Å². The molecule has 1 fully saturated rings. The molecule has 186 valence electrons. The number of aromatic nitrogens is 1. The first-order valence-electron chi connectivity index (χ1n) is 10.9. The SMILES string of the molecule is C[C@@H](C(=O)NCc1ccc(C(F)(F)F)nc1N1CCCCC1)c1ccc(CNS(N)(=O)=O)cc1. The number of piperidine rings is 1. The second-order valence-electron chi connectivity index (χ2n) is 8.27. The topological polar surface area (TPSA) is 117 Å². The average Bonchev–Trinajstić information content (AvgIpc) is 2.80. The number of benzene rings is 1. The van der Waals surface area contributed by atoms with Gasteiger partial charge < -0.3 is 10.2 Å². The van der Waals surface area contributed by atoms with Crippen molar-refractivity contribution in [1.82, 2.24) is 15.0 Å². The van der Waals surface area contributed by atoms with E-state index in [4.69, 9.17) is 5.14 Å². The number of amides is 1. The molecule has 4 N–H and O–H groups in total. The summed E-state index contributed by atoms with van der Waals surface area (Å²) >= 11 is 0. The minimum Gasteiger partial charge on any atom is -0.356 e. The number of carbonyl (C=O) groups excluding carboxylic acids is 1. The first-order valence-corrected chi connectivity index (χ1v) is 12.4. The number of alkyl halides is 3. The number of hydrogen-bond donors (Lipinski definition) is 3. The zero-order valence-corrected chi connectivity index (χ0v) is 19.5. The number of hydrogen-bond acceptors (Lipinski definition) is 5. The van der Waals surface area contributed by atoms with Gasteiger partial charge in [-0.25, -0.2) is 10.1 Å². The number of pyridine rings is 1. The number of nitrogens with zero attached hydrogens (tertiary/aromatic N) is 2. The van der Waals surface area contributed by atoms with Crippen LogP contribution in [0.1, 0.15) is 54.5 Å². The molecule has 8 nitrogen and oxygen atoms in total. The Bertz CT molecular complexity index is 1100. The van der Waals surface area contributed by atoms with E-state index < -0.39 is 28.0 Å². The lowest BCUT2D eigenvalue weighted by atomic mass is 9.99. The minimum atomic E-state index is -4.54. The fourth-order valence-corrected chi connectivity index (χ4v) is 4.12. The Hall–Kier alpha value is -2.70. The van der Waals surface area contributed by atoms with Crippen molar-refractivity contribution in [3.8, 4) is 0 Å². The first-order chi connectivity index (χ1) is 15.9. The Morgan fingerprint density at radius 3 is 2.32 bits per heavy atom. The van der Waals surface area contributed by atoms with Crippen molar-refractivity contribution in [3.05, 3.63) is 58.8 Å². The largest absolute Gasteiger partial charge is 0.433 e. The first kappa shape index (κ1) is 25.9. The predicted octanol–water partition coefficient (Wildman–Crippen LogP) is 2.80. The summed E-state index contributed by atoms with van der Waals surface area (Å²) in [6.07, 6.45) is -1.76. The highest BCUT2D eigenvalue weighted by molar-refractivity contribution is 7.87. The van der Waals surface area contributed by atoms with Crippen molar-refractivity contribution in [2.45, 2.75) is 51.4 Å². The molecular formula is C22H28F3N5O3S. The third-order valence-electron chi connectivity index (χ3n) is 5.71. The molecule has 0 radical (unpaired) electrons. The van der Waals surface area contributed by atoms with Crippen LogP contribution in [0.2, 0.25) is 0 Å². The van der Waals surface area contributed by atoms with Crippen molar-refractivity contribution >= 4 is 21.9 Å². The number of nitrogens with one attached hydrogen (secondary N) is 2. The third kappa shape index (κ3) is 7.15. The van der Waals surface area contributed by atoms with Crippen LogP contribution in [0.3, 0.4) is 0 Å². The molecule has 34 heavy (non-hydrogen) atoms. The van der Waals surface area contributed by atoms with Gasteiger partial charge in [-0.3, -0.25) is 4.79 Å². The molecular weight excluding hydrogens is 471 g/mol. The molecule has 2 aromatic rings.